The van der Waals surface area contributed by atoms with Crippen LogP contribution in [0.3, 0.4) is 0 Å². The van der Waals surface area contributed by atoms with Gasteiger partial charge in [0.1, 0.15) is 23.0 Å². The van der Waals surface area contributed by atoms with Crippen molar-refractivity contribution in [1.29, 1.82) is 0 Å². The Morgan fingerprint density at radius 2 is 1.10 bits per heavy atom. The summed E-state index contributed by atoms with van der Waals surface area (Å²) >= 11 is 0. The SMILES string of the molecule is CCC(C)Oc1ccc(S(=O)(=O)c2ccc(Oc3cc(C(C)(C)C)c(OC(C)C)cc3C(C)(C)C)cc2)cc1. The zero-order valence-corrected chi connectivity index (χ0v) is 25.9. The Bertz CT molecular complexity index is 1360. The van der Waals surface area contributed by atoms with Gasteiger partial charge in [-0.3, -0.25) is 0 Å². The molecule has 6 heteroatoms. The van der Waals surface area contributed by atoms with Gasteiger partial charge in [0.15, 0.2) is 0 Å². The molecule has 39 heavy (non-hydrogen) atoms. The van der Waals surface area contributed by atoms with Crippen LogP contribution in [-0.4, -0.2) is 20.6 Å². The van der Waals surface area contributed by atoms with E-state index < -0.39 is 9.84 Å². The number of rotatable bonds is 9. The molecule has 3 rings (SSSR count). The fourth-order valence-corrected chi connectivity index (χ4v) is 5.39. The van der Waals surface area contributed by atoms with Gasteiger partial charge < -0.3 is 14.2 Å². The first kappa shape index (κ1) is 30.6. The van der Waals surface area contributed by atoms with E-state index in [2.05, 4.69) is 53.7 Å². The third-order valence-corrected chi connectivity index (χ3v) is 8.25. The van der Waals surface area contributed by atoms with Gasteiger partial charge in [-0.25, -0.2) is 8.42 Å². The van der Waals surface area contributed by atoms with Crippen molar-refractivity contribution in [3.05, 3.63) is 71.8 Å². The maximum Gasteiger partial charge on any atom is 0.206 e. The van der Waals surface area contributed by atoms with Crippen LogP contribution in [0.2, 0.25) is 0 Å². The molecule has 0 amide bonds. The quantitative estimate of drug-likeness (QED) is 0.265. The Labute approximate surface area is 235 Å². The predicted octanol–water partition coefficient (Wildman–Crippen LogP) is 8.87. The van der Waals surface area contributed by atoms with Gasteiger partial charge in [-0.05, 0) is 98.7 Å². The second kappa shape index (κ2) is 11.6. The standard InChI is InChI=1S/C33H44O5S/c1-11-23(4)37-24-12-16-26(17-13-24)39(34,35)27-18-14-25(15-19-27)38-31-21-28(32(5,6)7)30(36-22(2)3)20-29(31)33(8,9)10/h12-23H,11H2,1-10H3. The maximum atomic E-state index is 13.3. The first-order chi connectivity index (χ1) is 18.0. The molecule has 0 aliphatic heterocycles. The number of ether oxygens (including phenoxy) is 3. The zero-order valence-electron chi connectivity index (χ0n) is 25.1. The summed E-state index contributed by atoms with van der Waals surface area (Å²) in [6, 6.07) is 17.3. The molecule has 0 aromatic heterocycles. The van der Waals surface area contributed by atoms with Gasteiger partial charge in [-0.2, -0.15) is 0 Å². The van der Waals surface area contributed by atoms with E-state index in [-0.39, 0.29) is 32.8 Å². The Balaban J connectivity index is 1.94. The Kier molecular flexibility index (Phi) is 9.11. The van der Waals surface area contributed by atoms with E-state index in [1.807, 2.05) is 27.7 Å². The van der Waals surface area contributed by atoms with Crippen LogP contribution in [0, 0.1) is 0 Å². The summed E-state index contributed by atoms with van der Waals surface area (Å²) in [7, 11) is -3.68. The van der Waals surface area contributed by atoms with Crippen molar-refractivity contribution < 1.29 is 22.6 Å². The van der Waals surface area contributed by atoms with Crippen molar-refractivity contribution in [3.63, 3.8) is 0 Å². The minimum atomic E-state index is -3.68. The normalized spacial score (nSPS) is 13.3. The van der Waals surface area contributed by atoms with Crippen LogP contribution < -0.4 is 14.2 Å². The van der Waals surface area contributed by atoms with Crippen molar-refractivity contribution in [2.45, 2.75) is 108 Å². The van der Waals surface area contributed by atoms with E-state index in [1.54, 1.807) is 48.5 Å². The highest BCUT2D eigenvalue weighted by Gasteiger charge is 2.28. The first-order valence-corrected chi connectivity index (χ1v) is 15.2. The van der Waals surface area contributed by atoms with Gasteiger partial charge in [0, 0.05) is 11.1 Å². The van der Waals surface area contributed by atoms with Crippen LogP contribution >= 0.6 is 0 Å². The minimum Gasteiger partial charge on any atom is -0.491 e. The lowest BCUT2D eigenvalue weighted by Crippen LogP contribution is -2.19. The Morgan fingerprint density at radius 3 is 1.54 bits per heavy atom. The summed E-state index contributed by atoms with van der Waals surface area (Å²) in [4.78, 5) is 0.427. The average molecular weight is 553 g/mol. The van der Waals surface area contributed by atoms with Crippen LogP contribution in [-0.2, 0) is 20.7 Å². The molecule has 5 nitrogen and oxygen atoms in total. The molecule has 0 N–H and O–H groups in total. The van der Waals surface area contributed by atoms with Crippen molar-refractivity contribution in [2.75, 3.05) is 0 Å². The highest BCUT2D eigenvalue weighted by Crippen LogP contribution is 2.43. The number of benzene rings is 3. The number of sulfone groups is 1. The van der Waals surface area contributed by atoms with Crippen LogP contribution in [0.5, 0.6) is 23.0 Å². The number of hydrogen-bond donors (Lipinski definition) is 0. The lowest BCUT2D eigenvalue weighted by molar-refractivity contribution is 0.217. The van der Waals surface area contributed by atoms with Crippen LogP contribution in [0.25, 0.3) is 0 Å². The minimum absolute atomic E-state index is 0.0452. The van der Waals surface area contributed by atoms with Gasteiger partial charge in [0.2, 0.25) is 9.84 Å². The molecule has 0 aliphatic rings. The molecule has 0 saturated carbocycles. The Morgan fingerprint density at radius 1 is 0.667 bits per heavy atom. The summed E-state index contributed by atoms with van der Waals surface area (Å²) in [6.45, 7) is 20.9. The van der Waals surface area contributed by atoms with Crippen molar-refractivity contribution in [3.8, 4) is 23.0 Å². The summed E-state index contributed by atoms with van der Waals surface area (Å²) in [5.41, 5.74) is 1.71. The topological polar surface area (TPSA) is 61.8 Å². The Hall–Kier alpha value is -2.99. The molecule has 1 atom stereocenters. The fraction of sp³-hybridized carbons (Fsp3) is 0.455. The summed E-state index contributed by atoms with van der Waals surface area (Å²) < 4.78 is 44.9. The summed E-state index contributed by atoms with van der Waals surface area (Å²) in [5, 5.41) is 0. The average Bonchev–Trinajstić information content (AvgIpc) is 2.83. The maximum absolute atomic E-state index is 13.3. The molecule has 3 aromatic carbocycles. The lowest BCUT2D eigenvalue weighted by atomic mass is 9.81. The highest BCUT2D eigenvalue weighted by atomic mass is 32.2. The molecule has 0 aliphatic carbocycles. The second-order valence-corrected chi connectivity index (χ2v) is 14.3. The van der Waals surface area contributed by atoms with Crippen LogP contribution in [0.4, 0.5) is 0 Å². The van der Waals surface area contributed by atoms with Gasteiger partial charge in [-0.15, -0.1) is 0 Å². The molecule has 3 aromatic rings. The third kappa shape index (κ3) is 7.57. The molecule has 0 bridgehead atoms. The van der Waals surface area contributed by atoms with E-state index in [1.165, 1.54) is 0 Å². The number of hydrogen-bond acceptors (Lipinski definition) is 5. The molecule has 0 fully saturated rings. The van der Waals surface area contributed by atoms with E-state index in [0.717, 1.165) is 29.0 Å². The fourth-order valence-electron chi connectivity index (χ4n) is 4.13. The van der Waals surface area contributed by atoms with Crippen LogP contribution in [0.15, 0.2) is 70.5 Å². The van der Waals surface area contributed by atoms with Gasteiger partial charge >= 0.3 is 0 Å². The van der Waals surface area contributed by atoms with Crippen molar-refractivity contribution in [1.82, 2.24) is 0 Å². The van der Waals surface area contributed by atoms with Gasteiger partial charge in [0.25, 0.3) is 0 Å². The smallest absolute Gasteiger partial charge is 0.206 e. The van der Waals surface area contributed by atoms with Crippen LogP contribution in [0.1, 0.15) is 86.8 Å². The monoisotopic (exact) mass is 552 g/mol. The zero-order chi connectivity index (χ0) is 29.2. The molecule has 0 heterocycles. The third-order valence-electron chi connectivity index (χ3n) is 6.47. The molecular weight excluding hydrogens is 508 g/mol. The summed E-state index contributed by atoms with van der Waals surface area (Å²) in [6.07, 6.45) is 0.986. The molecule has 0 saturated heterocycles. The largest absolute Gasteiger partial charge is 0.491 e. The second-order valence-electron chi connectivity index (χ2n) is 12.4. The van der Waals surface area contributed by atoms with E-state index in [4.69, 9.17) is 14.2 Å². The van der Waals surface area contributed by atoms with Crippen molar-refractivity contribution >= 4 is 9.84 Å². The van der Waals surface area contributed by atoms with E-state index in [0.29, 0.717) is 11.5 Å². The predicted molar refractivity (Wildman–Crippen MR) is 158 cm³/mol. The van der Waals surface area contributed by atoms with Gasteiger partial charge in [-0.1, -0.05) is 48.5 Å². The summed E-state index contributed by atoms with van der Waals surface area (Å²) in [5.74, 6) is 2.81. The molecule has 1 unspecified atom stereocenters. The first-order valence-electron chi connectivity index (χ1n) is 13.7. The lowest BCUT2D eigenvalue weighted by Gasteiger charge is -2.29. The van der Waals surface area contributed by atoms with Gasteiger partial charge in [0.05, 0.1) is 22.0 Å². The van der Waals surface area contributed by atoms with E-state index in [9.17, 15) is 8.42 Å². The molecule has 0 spiro atoms. The molecular formula is C33H44O5S. The molecule has 212 valence electrons. The van der Waals surface area contributed by atoms with Crippen molar-refractivity contribution in [2.24, 2.45) is 0 Å². The van der Waals surface area contributed by atoms with E-state index >= 15 is 0 Å². The molecule has 0 radical (unpaired) electrons. The highest BCUT2D eigenvalue weighted by molar-refractivity contribution is 7.91.